The van der Waals surface area contributed by atoms with Crippen molar-refractivity contribution in [3.05, 3.63) is 92.9 Å². The molecule has 0 fully saturated rings. The smallest absolute Gasteiger partial charge is 0.251 e. The minimum absolute atomic E-state index is 0.0748. The first-order valence-electron chi connectivity index (χ1n) is 10.2. The molecular formula is C25H26N2O2. The van der Waals surface area contributed by atoms with E-state index in [-0.39, 0.29) is 11.3 Å². The van der Waals surface area contributed by atoms with Crippen LogP contribution in [0.15, 0.2) is 59.4 Å². The molecule has 2 heterocycles. The van der Waals surface area contributed by atoms with E-state index in [1.807, 2.05) is 50.2 Å². The van der Waals surface area contributed by atoms with Crippen LogP contribution < -0.4 is 10.5 Å². The maximum absolute atomic E-state index is 12.9. The zero-order valence-electron chi connectivity index (χ0n) is 17.0. The topological polar surface area (TPSA) is 53.2 Å². The number of ketones is 1. The van der Waals surface area contributed by atoms with E-state index in [4.69, 9.17) is 0 Å². The highest BCUT2D eigenvalue weighted by Gasteiger charge is 2.20. The van der Waals surface area contributed by atoms with Crippen molar-refractivity contribution in [3.8, 4) is 0 Å². The number of hydrogen-bond acceptors (Lipinski definition) is 3. The molecule has 148 valence electrons. The average Bonchev–Trinajstić information content (AvgIpc) is 2.72. The van der Waals surface area contributed by atoms with Gasteiger partial charge in [-0.3, -0.25) is 9.59 Å². The van der Waals surface area contributed by atoms with Crippen molar-refractivity contribution in [1.82, 2.24) is 4.98 Å². The van der Waals surface area contributed by atoms with Crippen LogP contribution in [-0.2, 0) is 12.8 Å². The van der Waals surface area contributed by atoms with Crippen molar-refractivity contribution in [3.63, 3.8) is 0 Å². The number of H-pyrrole nitrogens is 1. The van der Waals surface area contributed by atoms with Gasteiger partial charge in [0.2, 0.25) is 0 Å². The first-order valence-corrected chi connectivity index (χ1v) is 10.2. The van der Waals surface area contributed by atoms with Gasteiger partial charge in [-0.1, -0.05) is 30.3 Å². The van der Waals surface area contributed by atoms with Crippen molar-refractivity contribution in [2.24, 2.45) is 0 Å². The van der Waals surface area contributed by atoms with Gasteiger partial charge in [0.1, 0.15) is 0 Å². The minimum Gasteiger partial charge on any atom is -0.341 e. The van der Waals surface area contributed by atoms with Crippen LogP contribution in [0.1, 0.15) is 45.6 Å². The summed E-state index contributed by atoms with van der Waals surface area (Å²) in [5, 5.41) is 0. The van der Waals surface area contributed by atoms with Crippen LogP contribution in [-0.4, -0.2) is 17.3 Å². The van der Waals surface area contributed by atoms with E-state index in [0.29, 0.717) is 24.0 Å². The molecule has 1 N–H and O–H groups in total. The van der Waals surface area contributed by atoms with Gasteiger partial charge < -0.3 is 9.88 Å². The summed E-state index contributed by atoms with van der Waals surface area (Å²) in [6.45, 7) is 4.75. The van der Waals surface area contributed by atoms with Gasteiger partial charge in [-0.15, -0.1) is 0 Å². The van der Waals surface area contributed by atoms with Crippen LogP contribution in [0.5, 0.6) is 0 Å². The second kappa shape index (κ2) is 8.08. The summed E-state index contributed by atoms with van der Waals surface area (Å²) in [4.78, 5) is 30.3. The van der Waals surface area contributed by atoms with Crippen LogP contribution in [0.25, 0.3) is 0 Å². The lowest BCUT2D eigenvalue weighted by Gasteiger charge is -2.31. The van der Waals surface area contributed by atoms with Gasteiger partial charge in [0, 0.05) is 41.2 Å². The molecule has 0 aliphatic carbocycles. The number of aromatic amines is 1. The van der Waals surface area contributed by atoms with Crippen molar-refractivity contribution < 1.29 is 4.79 Å². The van der Waals surface area contributed by atoms with Gasteiger partial charge >= 0.3 is 0 Å². The SMILES string of the molecule is Cc1cc(C)c(CCC(=O)c2ccc3c(c2)N(c2ccccc2)CCC3)c(=O)[nH]1. The van der Waals surface area contributed by atoms with E-state index in [1.165, 1.54) is 5.56 Å². The Morgan fingerprint density at radius 1 is 1.07 bits per heavy atom. The normalized spacial score (nSPS) is 13.2. The zero-order chi connectivity index (χ0) is 20.4. The number of hydrogen-bond donors (Lipinski definition) is 1. The van der Waals surface area contributed by atoms with Gasteiger partial charge in [0.25, 0.3) is 5.56 Å². The number of pyridine rings is 1. The number of nitrogens with zero attached hydrogens (tertiary/aromatic N) is 1. The minimum atomic E-state index is -0.0870. The van der Waals surface area contributed by atoms with Crippen molar-refractivity contribution in [1.29, 1.82) is 0 Å². The van der Waals surface area contributed by atoms with E-state index in [0.717, 1.165) is 42.0 Å². The van der Waals surface area contributed by atoms with E-state index in [9.17, 15) is 9.59 Å². The highest BCUT2D eigenvalue weighted by Crippen LogP contribution is 2.34. The van der Waals surface area contributed by atoms with Crippen molar-refractivity contribution >= 4 is 17.2 Å². The predicted molar refractivity (Wildman–Crippen MR) is 117 cm³/mol. The van der Waals surface area contributed by atoms with Crippen LogP contribution in [0.3, 0.4) is 0 Å². The summed E-state index contributed by atoms with van der Waals surface area (Å²) in [6.07, 6.45) is 2.92. The largest absolute Gasteiger partial charge is 0.341 e. The van der Waals surface area contributed by atoms with E-state index in [1.54, 1.807) is 0 Å². The molecule has 0 saturated heterocycles. The molecule has 29 heavy (non-hydrogen) atoms. The molecule has 0 bridgehead atoms. The van der Waals surface area contributed by atoms with E-state index < -0.39 is 0 Å². The van der Waals surface area contributed by atoms with Crippen LogP contribution >= 0.6 is 0 Å². The standard InChI is InChI=1S/C25H26N2O2/c1-17-15-18(2)26-25(29)22(17)12-13-24(28)20-11-10-19-7-6-14-27(23(19)16-20)21-8-4-3-5-9-21/h3-5,8-11,15-16H,6-7,12-14H2,1-2H3,(H,26,29). The Bertz CT molecular complexity index is 1100. The molecule has 3 aromatic rings. The third kappa shape index (κ3) is 4.02. The van der Waals surface area contributed by atoms with Crippen LogP contribution in [0, 0.1) is 13.8 Å². The molecule has 1 aliphatic rings. The number of carbonyl (C=O) groups excluding carboxylic acids is 1. The molecule has 4 heteroatoms. The van der Waals surface area contributed by atoms with Crippen LogP contribution in [0.4, 0.5) is 11.4 Å². The second-order valence-electron chi connectivity index (χ2n) is 7.80. The molecule has 0 spiro atoms. The molecular weight excluding hydrogens is 360 g/mol. The number of aromatic nitrogens is 1. The Kier molecular flexibility index (Phi) is 5.34. The van der Waals surface area contributed by atoms with Crippen LogP contribution in [0.2, 0.25) is 0 Å². The van der Waals surface area contributed by atoms with Gasteiger partial charge in [-0.25, -0.2) is 0 Å². The van der Waals surface area contributed by atoms with Gasteiger partial charge in [0.05, 0.1) is 0 Å². The summed E-state index contributed by atoms with van der Waals surface area (Å²) in [6, 6.07) is 18.3. The van der Waals surface area contributed by atoms with Gasteiger partial charge in [-0.2, -0.15) is 0 Å². The lowest BCUT2D eigenvalue weighted by Crippen LogP contribution is -2.24. The number of fused-ring (bicyclic) bond motifs is 1. The Morgan fingerprint density at radius 3 is 2.62 bits per heavy atom. The summed E-state index contributed by atoms with van der Waals surface area (Å²) < 4.78 is 0. The molecule has 4 nitrogen and oxygen atoms in total. The number of aryl methyl sites for hydroxylation is 3. The van der Waals surface area contributed by atoms with E-state index >= 15 is 0 Å². The summed E-state index contributed by atoms with van der Waals surface area (Å²) in [5.74, 6) is 0.0748. The molecule has 1 aromatic heterocycles. The monoisotopic (exact) mass is 386 g/mol. The number of nitrogens with one attached hydrogen (secondary N) is 1. The van der Waals surface area contributed by atoms with Gasteiger partial charge in [0.15, 0.2) is 5.78 Å². The maximum atomic E-state index is 12.9. The number of benzene rings is 2. The fourth-order valence-corrected chi connectivity index (χ4v) is 4.20. The molecule has 2 aromatic carbocycles. The fourth-order valence-electron chi connectivity index (χ4n) is 4.20. The maximum Gasteiger partial charge on any atom is 0.251 e. The van der Waals surface area contributed by atoms with E-state index in [2.05, 4.69) is 28.1 Å². The molecule has 0 saturated carbocycles. The summed E-state index contributed by atoms with van der Waals surface area (Å²) >= 11 is 0. The average molecular weight is 386 g/mol. The Labute approximate surface area is 171 Å². The highest BCUT2D eigenvalue weighted by molar-refractivity contribution is 5.97. The lowest BCUT2D eigenvalue weighted by molar-refractivity contribution is 0.0982. The highest BCUT2D eigenvalue weighted by atomic mass is 16.1. The molecule has 1 aliphatic heterocycles. The molecule has 0 radical (unpaired) electrons. The molecule has 0 atom stereocenters. The Morgan fingerprint density at radius 2 is 1.86 bits per heavy atom. The Hall–Kier alpha value is -3.14. The summed E-state index contributed by atoms with van der Waals surface area (Å²) in [5.41, 5.74) is 6.68. The lowest BCUT2D eigenvalue weighted by atomic mass is 9.95. The van der Waals surface area contributed by atoms with Crippen molar-refractivity contribution in [2.75, 3.05) is 11.4 Å². The summed E-state index contributed by atoms with van der Waals surface area (Å²) in [7, 11) is 0. The second-order valence-corrected chi connectivity index (χ2v) is 7.80. The third-order valence-electron chi connectivity index (χ3n) is 5.69. The molecule has 0 amide bonds. The third-order valence-corrected chi connectivity index (χ3v) is 5.69. The first kappa shape index (κ1) is 19.2. The fraction of sp³-hybridized carbons (Fsp3) is 0.280. The first-order chi connectivity index (χ1) is 14.0. The van der Waals surface area contributed by atoms with Gasteiger partial charge in [-0.05, 0) is 68.5 Å². The number of anilines is 2. The number of para-hydroxylation sites is 1. The molecule has 0 unspecified atom stereocenters. The number of rotatable bonds is 5. The Balaban J connectivity index is 1.57. The van der Waals surface area contributed by atoms with Crippen molar-refractivity contribution in [2.45, 2.75) is 39.5 Å². The zero-order valence-corrected chi connectivity index (χ0v) is 17.0. The molecule has 4 rings (SSSR count). The predicted octanol–water partition coefficient (Wildman–Crippen LogP) is 4.89. The quantitative estimate of drug-likeness (QED) is 0.635. The number of Topliss-reactive ketones (excluding diaryl/α,β-unsaturated/α-hetero) is 1. The number of carbonyl (C=O) groups is 1.